The molecule has 2 heterocycles. The second-order valence-electron chi connectivity index (χ2n) is 8.24. The van der Waals surface area contributed by atoms with Gasteiger partial charge in [0.05, 0.1) is 16.2 Å². The smallest absolute Gasteiger partial charge is 0.278 e. The maximum Gasteiger partial charge on any atom is 0.278 e. The zero-order valence-corrected chi connectivity index (χ0v) is 17.2. The molecule has 0 radical (unpaired) electrons. The van der Waals surface area contributed by atoms with E-state index in [1.807, 2.05) is 23.1 Å². The predicted molar refractivity (Wildman–Crippen MR) is 119 cm³/mol. The molecule has 1 aliphatic carbocycles. The number of aromatic nitrogens is 1. The van der Waals surface area contributed by atoms with Crippen LogP contribution in [-0.2, 0) is 11.2 Å². The van der Waals surface area contributed by atoms with Crippen molar-refractivity contribution in [2.45, 2.75) is 25.2 Å². The van der Waals surface area contributed by atoms with Gasteiger partial charge in [-0.15, -0.1) is 0 Å². The van der Waals surface area contributed by atoms with Gasteiger partial charge < -0.3 is 9.80 Å². The van der Waals surface area contributed by atoms with Crippen LogP contribution >= 0.6 is 0 Å². The second kappa shape index (κ2) is 7.98. The van der Waals surface area contributed by atoms with Crippen LogP contribution in [0, 0.1) is 10.1 Å². The van der Waals surface area contributed by atoms with Crippen LogP contribution in [0.4, 0.5) is 11.4 Å². The molecule has 1 atom stereocenters. The molecular formula is C24H24N4O3. The predicted octanol–water partition coefficient (Wildman–Crippen LogP) is 3.91. The Hall–Kier alpha value is -3.48. The molecule has 1 saturated heterocycles. The van der Waals surface area contributed by atoms with Gasteiger partial charge in [0, 0.05) is 55.7 Å². The lowest BCUT2D eigenvalue weighted by Crippen LogP contribution is -2.50. The van der Waals surface area contributed by atoms with E-state index in [0.29, 0.717) is 31.6 Å². The van der Waals surface area contributed by atoms with Gasteiger partial charge >= 0.3 is 0 Å². The number of rotatable bonds is 3. The molecule has 31 heavy (non-hydrogen) atoms. The van der Waals surface area contributed by atoms with Gasteiger partial charge in [-0.3, -0.25) is 19.9 Å². The lowest BCUT2D eigenvalue weighted by atomic mass is 9.82. The molecule has 0 bridgehead atoms. The number of anilines is 1. The van der Waals surface area contributed by atoms with E-state index in [4.69, 9.17) is 0 Å². The van der Waals surface area contributed by atoms with E-state index >= 15 is 0 Å². The summed E-state index contributed by atoms with van der Waals surface area (Å²) in [6.45, 7) is 2.72. The highest BCUT2D eigenvalue weighted by Crippen LogP contribution is 2.35. The van der Waals surface area contributed by atoms with Gasteiger partial charge in [-0.25, -0.2) is 0 Å². The van der Waals surface area contributed by atoms with Crippen LogP contribution in [0.25, 0.3) is 10.8 Å². The summed E-state index contributed by atoms with van der Waals surface area (Å²) in [5, 5.41) is 12.7. The number of non-ortho nitro benzene ring substituents is 1. The largest absolute Gasteiger partial charge is 0.367 e. The molecule has 0 N–H and O–H groups in total. The van der Waals surface area contributed by atoms with Crippen molar-refractivity contribution in [3.05, 3.63) is 76.1 Å². The topological polar surface area (TPSA) is 79.6 Å². The highest BCUT2D eigenvalue weighted by molar-refractivity contribution is 5.99. The van der Waals surface area contributed by atoms with Crippen LogP contribution in [0.1, 0.15) is 29.9 Å². The van der Waals surface area contributed by atoms with Crippen molar-refractivity contribution in [2.75, 3.05) is 31.1 Å². The van der Waals surface area contributed by atoms with E-state index in [1.54, 1.807) is 18.5 Å². The number of pyridine rings is 1. The minimum absolute atomic E-state index is 0.0391. The van der Waals surface area contributed by atoms with Crippen molar-refractivity contribution in [3.63, 3.8) is 0 Å². The summed E-state index contributed by atoms with van der Waals surface area (Å²) in [5.74, 6) is 0.187. The quantitative estimate of drug-likeness (QED) is 0.478. The number of amides is 1. The fourth-order valence-corrected chi connectivity index (χ4v) is 4.99. The number of fused-ring (bicyclic) bond motifs is 2. The molecule has 2 aromatic carbocycles. The van der Waals surface area contributed by atoms with Crippen LogP contribution in [0.5, 0.6) is 0 Å². The first-order valence-electron chi connectivity index (χ1n) is 10.8. The van der Waals surface area contributed by atoms with Gasteiger partial charge in [-0.2, -0.15) is 0 Å². The van der Waals surface area contributed by atoms with E-state index in [1.165, 1.54) is 11.1 Å². The number of aryl methyl sites for hydroxylation is 1. The Morgan fingerprint density at radius 2 is 1.84 bits per heavy atom. The first-order chi connectivity index (χ1) is 15.1. The minimum atomic E-state index is -0.369. The molecule has 1 amide bonds. The molecule has 0 spiro atoms. The number of nitrogens with zero attached hydrogens (tertiary/aromatic N) is 4. The molecule has 1 fully saturated rings. The summed E-state index contributed by atoms with van der Waals surface area (Å²) >= 11 is 0. The SMILES string of the molecule is O=C([C@@H]1CCCc2ccccc21)N1CCN(c2ccc([N+](=O)[O-])c3cnccc23)CC1. The van der Waals surface area contributed by atoms with Crippen molar-refractivity contribution in [2.24, 2.45) is 0 Å². The van der Waals surface area contributed by atoms with Gasteiger partial charge in [0.2, 0.25) is 5.91 Å². The fourth-order valence-electron chi connectivity index (χ4n) is 4.99. The van der Waals surface area contributed by atoms with E-state index in [2.05, 4.69) is 28.1 Å². The number of nitro benzene ring substituents is 1. The van der Waals surface area contributed by atoms with E-state index in [-0.39, 0.29) is 22.4 Å². The maximum atomic E-state index is 13.3. The summed E-state index contributed by atoms with van der Waals surface area (Å²) in [6.07, 6.45) is 6.23. The summed E-state index contributed by atoms with van der Waals surface area (Å²) in [4.78, 5) is 32.6. The molecule has 3 aromatic rings. The molecule has 7 heteroatoms. The zero-order valence-electron chi connectivity index (χ0n) is 17.2. The number of carbonyl (C=O) groups is 1. The number of hydrogen-bond acceptors (Lipinski definition) is 5. The monoisotopic (exact) mass is 416 g/mol. The lowest BCUT2D eigenvalue weighted by molar-refractivity contribution is -0.383. The summed E-state index contributed by atoms with van der Waals surface area (Å²) < 4.78 is 0. The molecule has 1 aliphatic heterocycles. The molecule has 0 unspecified atom stereocenters. The number of nitro groups is 1. The van der Waals surface area contributed by atoms with Gasteiger partial charge in [0.1, 0.15) is 0 Å². The molecule has 5 rings (SSSR count). The van der Waals surface area contributed by atoms with Crippen molar-refractivity contribution < 1.29 is 9.72 Å². The third kappa shape index (κ3) is 3.50. The number of piperazine rings is 1. The summed E-state index contributed by atoms with van der Waals surface area (Å²) in [5.41, 5.74) is 3.52. The fraction of sp³-hybridized carbons (Fsp3) is 0.333. The Labute approximate surface area is 180 Å². The Morgan fingerprint density at radius 3 is 2.65 bits per heavy atom. The van der Waals surface area contributed by atoms with Crippen molar-refractivity contribution in [3.8, 4) is 0 Å². The number of hydrogen-bond donors (Lipinski definition) is 0. The lowest BCUT2D eigenvalue weighted by Gasteiger charge is -2.39. The average Bonchev–Trinajstić information content (AvgIpc) is 2.82. The third-order valence-electron chi connectivity index (χ3n) is 6.57. The minimum Gasteiger partial charge on any atom is -0.367 e. The van der Waals surface area contributed by atoms with Crippen molar-refractivity contribution >= 4 is 28.1 Å². The third-order valence-corrected chi connectivity index (χ3v) is 6.57. The van der Waals surface area contributed by atoms with Gasteiger partial charge in [-0.1, -0.05) is 24.3 Å². The Bertz CT molecular complexity index is 1150. The molecular weight excluding hydrogens is 392 g/mol. The van der Waals surface area contributed by atoms with Crippen LogP contribution in [0.15, 0.2) is 54.9 Å². The van der Waals surface area contributed by atoms with Crippen LogP contribution in [-0.4, -0.2) is 46.9 Å². The second-order valence-corrected chi connectivity index (χ2v) is 8.24. The van der Waals surface area contributed by atoms with Crippen molar-refractivity contribution in [1.29, 1.82) is 0 Å². The van der Waals surface area contributed by atoms with Crippen LogP contribution < -0.4 is 4.90 Å². The van der Waals surface area contributed by atoms with E-state index in [9.17, 15) is 14.9 Å². The van der Waals surface area contributed by atoms with Crippen LogP contribution in [0.2, 0.25) is 0 Å². The Balaban J connectivity index is 1.34. The normalized spacial score (nSPS) is 18.6. The number of benzene rings is 2. The molecule has 2 aliphatic rings. The first kappa shape index (κ1) is 19.5. The van der Waals surface area contributed by atoms with Gasteiger partial charge in [-0.05, 0) is 42.5 Å². The first-order valence-corrected chi connectivity index (χ1v) is 10.8. The zero-order chi connectivity index (χ0) is 21.4. The highest BCUT2D eigenvalue weighted by Gasteiger charge is 2.32. The molecule has 7 nitrogen and oxygen atoms in total. The van der Waals surface area contributed by atoms with Gasteiger partial charge in [0.25, 0.3) is 5.69 Å². The van der Waals surface area contributed by atoms with E-state index in [0.717, 1.165) is 30.3 Å². The average molecular weight is 416 g/mol. The molecule has 1 aromatic heterocycles. The molecule has 0 saturated carbocycles. The highest BCUT2D eigenvalue weighted by atomic mass is 16.6. The van der Waals surface area contributed by atoms with Crippen molar-refractivity contribution in [1.82, 2.24) is 9.88 Å². The maximum absolute atomic E-state index is 13.3. The van der Waals surface area contributed by atoms with Gasteiger partial charge in [0.15, 0.2) is 0 Å². The standard InChI is InChI=1S/C24H24N4O3/c29-24(20-7-3-5-17-4-1-2-6-18(17)20)27-14-12-26(13-15-27)22-8-9-23(28(30)31)21-16-25-11-10-19(21)22/h1-2,4,6,8-11,16,20H,3,5,7,12-15H2/t20-/m1/s1. The Kier molecular flexibility index (Phi) is 5.02. The Morgan fingerprint density at radius 1 is 1.03 bits per heavy atom. The number of carbonyl (C=O) groups excluding carboxylic acids is 1. The summed E-state index contributed by atoms with van der Waals surface area (Å²) in [6, 6.07) is 13.5. The van der Waals surface area contributed by atoms with E-state index < -0.39 is 0 Å². The summed E-state index contributed by atoms with van der Waals surface area (Å²) in [7, 11) is 0. The van der Waals surface area contributed by atoms with Crippen LogP contribution in [0.3, 0.4) is 0 Å². The molecule has 158 valence electrons.